The van der Waals surface area contributed by atoms with Crippen molar-refractivity contribution in [2.24, 2.45) is 5.92 Å². The number of nitrogens with zero attached hydrogens (tertiary/aromatic N) is 3. The van der Waals surface area contributed by atoms with E-state index in [0.29, 0.717) is 5.00 Å². The van der Waals surface area contributed by atoms with Crippen LogP contribution in [0.1, 0.15) is 58.8 Å². The van der Waals surface area contributed by atoms with Gasteiger partial charge in [0.05, 0.1) is 18.1 Å². The van der Waals surface area contributed by atoms with Gasteiger partial charge in [0, 0.05) is 24.0 Å². The number of likely N-dealkylation sites (tertiary alicyclic amines) is 1. The van der Waals surface area contributed by atoms with Crippen molar-refractivity contribution in [2.45, 2.75) is 70.9 Å². The first-order chi connectivity index (χ1) is 13.6. The molecule has 29 heavy (non-hydrogen) atoms. The van der Waals surface area contributed by atoms with E-state index in [2.05, 4.69) is 35.0 Å². The highest BCUT2D eigenvalue weighted by Gasteiger charge is 2.37. The van der Waals surface area contributed by atoms with E-state index in [9.17, 15) is 10.1 Å². The van der Waals surface area contributed by atoms with Crippen LogP contribution in [0.4, 0.5) is 9.80 Å². The van der Waals surface area contributed by atoms with Crippen molar-refractivity contribution < 1.29 is 9.53 Å². The molecule has 7 heteroatoms. The van der Waals surface area contributed by atoms with Crippen molar-refractivity contribution >= 4 is 22.4 Å². The Hall–Kier alpha value is -2.09. The Balaban J connectivity index is 1.88. The predicted molar refractivity (Wildman–Crippen MR) is 116 cm³/mol. The molecule has 0 radical (unpaired) electrons. The molecule has 0 bridgehead atoms. The molecule has 158 valence electrons. The van der Waals surface area contributed by atoms with Gasteiger partial charge in [0.1, 0.15) is 5.60 Å². The molecule has 1 N–H and O–H groups in total. The lowest BCUT2D eigenvalue weighted by Crippen LogP contribution is -2.40. The number of hydrogen-bond acceptors (Lipinski definition) is 5. The van der Waals surface area contributed by atoms with Crippen molar-refractivity contribution in [1.29, 1.82) is 5.26 Å². The average molecular weight is 417 g/mol. The normalized spacial score (nSPS) is 19.4. The van der Waals surface area contributed by atoms with Crippen molar-refractivity contribution in [2.75, 3.05) is 19.6 Å². The number of nitrogens with one attached hydrogen (secondary N) is 1. The first-order valence-electron chi connectivity index (χ1n) is 10.2. The largest absolute Gasteiger partial charge is 0.444 e. The van der Waals surface area contributed by atoms with E-state index in [1.807, 2.05) is 32.9 Å². The molecule has 2 atom stereocenters. The number of hydrogen-bond donors (Lipinski definition) is 1. The summed E-state index contributed by atoms with van der Waals surface area (Å²) in [5.41, 5.74) is -1.05. The topological polar surface area (TPSA) is 69.7 Å². The Morgan fingerprint density at radius 3 is 2.76 bits per heavy atom. The number of amides is 1. The maximum Gasteiger partial charge on any atom is 0.407 e. The summed E-state index contributed by atoms with van der Waals surface area (Å²) in [6, 6.07) is 6.43. The lowest BCUT2D eigenvalue weighted by Gasteiger charge is -2.31. The number of thiophene rings is 1. The molecule has 1 aromatic heterocycles. The van der Waals surface area contributed by atoms with Crippen LogP contribution in [0.15, 0.2) is 12.1 Å². The van der Waals surface area contributed by atoms with Gasteiger partial charge in [0.15, 0.2) is 0 Å². The lowest BCUT2D eigenvalue weighted by atomic mass is 9.73. The molecule has 1 unspecified atom stereocenters. The summed E-state index contributed by atoms with van der Waals surface area (Å²) in [7, 11) is 0. The van der Waals surface area contributed by atoms with Gasteiger partial charge in [0.2, 0.25) is 5.00 Å². The number of rotatable bonds is 7. The molecule has 1 amide bonds. The van der Waals surface area contributed by atoms with Crippen LogP contribution in [0, 0.1) is 23.8 Å². The van der Waals surface area contributed by atoms with Gasteiger partial charge in [-0.2, -0.15) is 16.6 Å². The van der Waals surface area contributed by atoms with Gasteiger partial charge in [0.25, 0.3) is 0 Å². The van der Waals surface area contributed by atoms with Crippen molar-refractivity contribution in [3.05, 3.63) is 28.4 Å². The van der Waals surface area contributed by atoms with E-state index < -0.39 is 11.0 Å². The van der Waals surface area contributed by atoms with Crippen molar-refractivity contribution in [1.82, 2.24) is 10.2 Å². The zero-order chi connectivity index (χ0) is 21.7. The summed E-state index contributed by atoms with van der Waals surface area (Å²) in [6.45, 7) is 19.6. The summed E-state index contributed by atoms with van der Waals surface area (Å²) in [4.78, 5) is 18.8. The van der Waals surface area contributed by atoms with E-state index in [-0.39, 0.29) is 18.1 Å². The van der Waals surface area contributed by atoms with Crippen LogP contribution in [-0.2, 0) is 10.2 Å². The quantitative estimate of drug-likeness (QED) is 0.628. The SMILES string of the molecule is [C-]#[N+]c1ccc(C(C#N)(CCCN2CC[C@@H](NC(=O)OC(C)(C)C)C2)C(C)C)s1. The standard InChI is InChI=1S/C22H32N4O2S/c1-16(2)22(15-23,18-8-9-19(24-6)29-18)11-7-12-26-13-10-17(14-26)25-20(27)28-21(3,4)5/h8-9,16-17H,7,10-14H2,1-5H3,(H,25,27)/t17-,22?/m1/s1. The Morgan fingerprint density at radius 2 is 2.21 bits per heavy atom. The maximum atomic E-state index is 12.0. The molecule has 1 aromatic rings. The van der Waals surface area contributed by atoms with Crippen molar-refractivity contribution in [3.8, 4) is 6.07 Å². The fraction of sp³-hybridized carbons (Fsp3) is 0.682. The minimum absolute atomic E-state index is 0.106. The minimum atomic E-state index is -0.554. The maximum absolute atomic E-state index is 12.0. The van der Waals surface area contributed by atoms with Crippen LogP contribution < -0.4 is 5.32 Å². The second-order valence-corrected chi connectivity index (χ2v) is 10.1. The zero-order valence-corrected chi connectivity index (χ0v) is 18.9. The highest BCUT2D eigenvalue weighted by molar-refractivity contribution is 7.16. The van der Waals surface area contributed by atoms with E-state index in [0.717, 1.165) is 43.8 Å². The van der Waals surface area contributed by atoms with Gasteiger partial charge in [-0.3, -0.25) is 0 Å². The number of nitriles is 1. The summed E-state index contributed by atoms with van der Waals surface area (Å²) < 4.78 is 5.34. The lowest BCUT2D eigenvalue weighted by molar-refractivity contribution is 0.0506. The van der Waals surface area contributed by atoms with E-state index >= 15 is 0 Å². The van der Waals surface area contributed by atoms with Crippen LogP contribution in [0.3, 0.4) is 0 Å². The summed E-state index contributed by atoms with van der Waals surface area (Å²) in [5, 5.41) is 13.6. The molecule has 0 saturated carbocycles. The van der Waals surface area contributed by atoms with Gasteiger partial charge >= 0.3 is 6.09 Å². The molecule has 1 aliphatic rings. The van der Waals surface area contributed by atoms with Crippen LogP contribution in [0.5, 0.6) is 0 Å². The zero-order valence-electron chi connectivity index (χ0n) is 18.1. The molecule has 2 rings (SSSR count). The number of ether oxygens (including phenoxy) is 1. The third-order valence-electron chi connectivity index (χ3n) is 5.37. The summed E-state index contributed by atoms with van der Waals surface area (Å²) in [6.07, 6.45) is 2.21. The van der Waals surface area contributed by atoms with Crippen molar-refractivity contribution in [3.63, 3.8) is 0 Å². The second kappa shape index (κ2) is 9.61. The minimum Gasteiger partial charge on any atom is -0.444 e. The molecule has 6 nitrogen and oxygen atoms in total. The number of carbonyl (C=O) groups excluding carboxylic acids is 1. The second-order valence-electron chi connectivity index (χ2n) is 9.02. The fourth-order valence-electron chi connectivity index (χ4n) is 3.77. The molecule has 0 spiro atoms. The third kappa shape index (κ3) is 6.19. The monoisotopic (exact) mass is 416 g/mol. The molecule has 1 fully saturated rings. The predicted octanol–water partition coefficient (Wildman–Crippen LogP) is 5.10. The van der Waals surface area contributed by atoms with E-state index in [1.165, 1.54) is 11.3 Å². The molecular formula is C22H32N4O2S. The molecule has 1 aliphatic heterocycles. The number of carbonyl (C=O) groups is 1. The third-order valence-corrected chi connectivity index (χ3v) is 6.52. The summed E-state index contributed by atoms with van der Waals surface area (Å²) in [5.74, 6) is 0.171. The molecular weight excluding hydrogens is 384 g/mol. The first-order valence-corrected chi connectivity index (χ1v) is 11.0. The molecule has 2 heterocycles. The first kappa shape index (κ1) is 23.2. The summed E-state index contributed by atoms with van der Waals surface area (Å²) >= 11 is 1.44. The molecule has 0 aromatic carbocycles. The average Bonchev–Trinajstić information content (AvgIpc) is 3.26. The van der Waals surface area contributed by atoms with E-state index in [1.54, 1.807) is 0 Å². The van der Waals surface area contributed by atoms with Crippen LogP contribution in [0.25, 0.3) is 4.85 Å². The fourth-order valence-corrected chi connectivity index (χ4v) is 4.88. The Morgan fingerprint density at radius 1 is 1.48 bits per heavy atom. The highest BCUT2D eigenvalue weighted by Crippen LogP contribution is 2.42. The van der Waals surface area contributed by atoms with Gasteiger partial charge in [-0.25, -0.2) is 9.64 Å². The number of alkyl carbamates (subject to hydrolysis) is 1. The highest BCUT2D eigenvalue weighted by atomic mass is 32.1. The van der Waals surface area contributed by atoms with Crippen LogP contribution in [0.2, 0.25) is 0 Å². The van der Waals surface area contributed by atoms with Crippen LogP contribution >= 0.6 is 11.3 Å². The van der Waals surface area contributed by atoms with Crippen LogP contribution in [-0.4, -0.2) is 42.3 Å². The van der Waals surface area contributed by atoms with Gasteiger partial charge in [-0.1, -0.05) is 19.9 Å². The van der Waals surface area contributed by atoms with E-state index in [4.69, 9.17) is 11.3 Å². The molecule has 1 saturated heterocycles. The Labute approximate surface area is 178 Å². The van der Waals surface area contributed by atoms with Gasteiger partial charge in [-0.05, 0) is 58.6 Å². The Bertz CT molecular complexity index is 784. The van der Waals surface area contributed by atoms with Gasteiger partial charge < -0.3 is 15.0 Å². The molecule has 0 aliphatic carbocycles. The van der Waals surface area contributed by atoms with Gasteiger partial charge in [-0.15, -0.1) is 0 Å². The smallest absolute Gasteiger partial charge is 0.407 e. The Kier molecular flexibility index (Phi) is 7.68.